The number of esters is 1. The molecule has 162 valence electrons. The van der Waals surface area contributed by atoms with E-state index in [0.717, 1.165) is 0 Å². The summed E-state index contributed by atoms with van der Waals surface area (Å²) in [6, 6.07) is 5.19. The summed E-state index contributed by atoms with van der Waals surface area (Å²) in [5.74, 6) is 0.624. The van der Waals surface area contributed by atoms with E-state index < -0.39 is 0 Å². The van der Waals surface area contributed by atoms with Gasteiger partial charge in [-0.1, -0.05) is 0 Å². The second-order valence-electron chi connectivity index (χ2n) is 7.35. The molecule has 8 heteroatoms. The number of likely N-dealkylation sites (tertiary alicyclic amines) is 1. The predicted molar refractivity (Wildman–Crippen MR) is 107 cm³/mol. The van der Waals surface area contributed by atoms with Gasteiger partial charge in [0.1, 0.15) is 11.5 Å². The lowest BCUT2D eigenvalue weighted by Gasteiger charge is -2.31. The molecule has 0 saturated carbocycles. The Morgan fingerprint density at radius 3 is 2.53 bits per heavy atom. The highest BCUT2D eigenvalue weighted by Gasteiger charge is 2.29. The largest absolute Gasteiger partial charge is 0.469 e. The minimum atomic E-state index is -0.202. The number of ether oxygens (including phenoxy) is 1. The zero-order chi connectivity index (χ0) is 21.5. The second kappa shape index (κ2) is 10.1. The molecule has 30 heavy (non-hydrogen) atoms. The number of furan rings is 2. The Morgan fingerprint density at radius 2 is 1.93 bits per heavy atom. The van der Waals surface area contributed by atoms with Crippen LogP contribution in [0.4, 0.5) is 0 Å². The molecule has 0 bridgehead atoms. The maximum atomic E-state index is 13.0. The third kappa shape index (κ3) is 5.31. The topological polar surface area (TPSA) is 93.2 Å². The number of nitrogens with zero attached hydrogens (tertiary/aromatic N) is 2. The fourth-order valence-electron chi connectivity index (χ4n) is 3.63. The molecule has 0 spiro atoms. The minimum absolute atomic E-state index is 0.0292. The van der Waals surface area contributed by atoms with Crippen molar-refractivity contribution in [3.63, 3.8) is 0 Å². The van der Waals surface area contributed by atoms with E-state index in [0.29, 0.717) is 49.6 Å². The van der Waals surface area contributed by atoms with Crippen molar-refractivity contribution in [1.82, 2.24) is 9.80 Å². The Morgan fingerprint density at radius 1 is 1.17 bits per heavy atom. The van der Waals surface area contributed by atoms with Crippen LogP contribution in [0.1, 0.15) is 48.1 Å². The SMILES string of the molecule is CCOC(=O)C1CCN(C(=O)CCN(Cc2ccco2)C(=O)c2ccoc2C)CC1. The van der Waals surface area contributed by atoms with Crippen LogP contribution in [0.3, 0.4) is 0 Å². The summed E-state index contributed by atoms with van der Waals surface area (Å²) in [4.78, 5) is 40.9. The van der Waals surface area contributed by atoms with Crippen LogP contribution in [0.25, 0.3) is 0 Å². The molecule has 1 fully saturated rings. The molecule has 0 aliphatic carbocycles. The van der Waals surface area contributed by atoms with Gasteiger partial charge in [-0.15, -0.1) is 0 Å². The van der Waals surface area contributed by atoms with Gasteiger partial charge in [-0.25, -0.2) is 0 Å². The van der Waals surface area contributed by atoms with E-state index in [9.17, 15) is 14.4 Å². The molecule has 2 amide bonds. The van der Waals surface area contributed by atoms with Crippen LogP contribution < -0.4 is 0 Å². The molecule has 0 atom stereocenters. The van der Waals surface area contributed by atoms with Crippen LogP contribution in [-0.2, 0) is 20.9 Å². The standard InChI is InChI=1S/C22H28N2O6/c1-3-28-22(27)17-6-10-23(11-7-17)20(25)8-12-24(15-18-5-4-13-30-18)21(26)19-9-14-29-16(19)2/h4-5,9,13-14,17H,3,6-8,10-12,15H2,1-2H3. The molecule has 2 aromatic rings. The smallest absolute Gasteiger partial charge is 0.309 e. The second-order valence-corrected chi connectivity index (χ2v) is 7.35. The van der Waals surface area contributed by atoms with Crippen molar-refractivity contribution in [2.24, 2.45) is 5.92 Å². The highest BCUT2D eigenvalue weighted by molar-refractivity contribution is 5.95. The Bertz CT molecular complexity index is 849. The zero-order valence-electron chi connectivity index (χ0n) is 17.5. The number of aryl methyl sites for hydroxylation is 1. The molecule has 2 aromatic heterocycles. The molecular weight excluding hydrogens is 388 g/mol. The summed E-state index contributed by atoms with van der Waals surface area (Å²) in [5, 5.41) is 0. The van der Waals surface area contributed by atoms with Crippen molar-refractivity contribution in [2.75, 3.05) is 26.2 Å². The Kier molecular flexibility index (Phi) is 7.32. The number of carbonyl (C=O) groups is 3. The van der Waals surface area contributed by atoms with E-state index in [1.165, 1.54) is 6.26 Å². The summed E-state index contributed by atoms with van der Waals surface area (Å²) in [6.45, 7) is 5.47. The predicted octanol–water partition coefficient (Wildman–Crippen LogP) is 3.02. The molecule has 0 N–H and O–H groups in total. The maximum absolute atomic E-state index is 13.0. The third-order valence-electron chi connectivity index (χ3n) is 5.37. The van der Waals surface area contributed by atoms with Crippen LogP contribution in [0.2, 0.25) is 0 Å². The summed E-state index contributed by atoms with van der Waals surface area (Å²) in [7, 11) is 0. The number of piperidine rings is 1. The average Bonchev–Trinajstić information content (AvgIpc) is 3.42. The van der Waals surface area contributed by atoms with Gasteiger partial charge in [0, 0.05) is 26.1 Å². The van der Waals surface area contributed by atoms with Crippen molar-refractivity contribution in [2.45, 2.75) is 39.7 Å². The number of rotatable bonds is 8. The molecular formula is C22H28N2O6. The number of hydrogen-bond acceptors (Lipinski definition) is 6. The van der Waals surface area contributed by atoms with E-state index in [1.54, 1.807) is 48.1 Å². The highest BCUT2D eigenvalue weighted by Crippen LogP contribution is 2.20. The van der Waals surface area contributed by atoms with Gasteiger partial charge in [0.25, 0.3) is 5.91 Å². The summed E-state index contributed by atoms with van der Waals surface area (Å²) in [6.07, 6.45) is 4.45. The lowest BCUT2D eigenvalue weighted by Crippen LogP contribution is -2.42. The summed E-state index contributed by atoms with van der Waals surface area (Å²) < 4.78 is 15.7. The number of hydrogen-bond donors (Lipinski definition) is 0. The van der Waals surface area contributed by atoms with E-state index >= 15 is 0 Å². The highest BCUT2D eigenvalue weighted by atomic mass is 16.5. The van der Waals surface area contributed by atoms with Gasteiger partial charge < -0.3 is 23.4 Å². The van der Waals surface area contributed by atoms with Gasteiger partial charge in [0.2, 0.25) is 5.91 Å². The van der Waals surface area contributed by atoms with Gasteiger partial charge in [-0.2, -0.15) is 0 Å². The molecule has 0 aromatic carbocycles. The fraction of sp³-hybridized carbons (Fsp3) is 0.500. The van der Waals surface area contributed by atoms with Crippen molar-refractivity contribution < 1.29 is 28.0 Å². The van der Waals surface area contributed by atoms with Crippen LogP contribution in [0, 0.1) is 12.8 Å². The maximum Gasteiger partial charge on any atom is 0.309 e. The van der Waals surface area contributed by atoms with E-state index in [2.05, 4.69) is 0 Å². The molecule has 0 unspecified atom stereocenters. The Labute approximate surface area is 175 Å². The molecule has 1 saturated heterocycles. The first-order chi connectivity index (χ1) is 14.5. The zero-order valence-corrected chi connectivity index (χ0v) is 17.5. The van der Waals surface area contributed by atoms with Gasteiger partial charge in [-0.05, 0) is 44.9 Å². The van der Waals surface area contributed by atoms with Crippen molar-refractivity contribution in [1.29, 1.82) is 0 Å². The van der Waals surface area contributed by atoms with E-state index in [4.69, 9.17) is 13.6 Å². The molecule has 1 aliphatic heterocycles. The first kappa shape index (κ1) is 21.7. The Balaban J connectivity index is 1.57. The van der Waals surface area contributed by atoms with Crippen LogP contribution >= 0.6 is 0 Å². The van der Waals surface area contributed by atoms with Crippen molar-refractivity contribution in [3.8, 4) is 0 Å². The molecule has 3 rings (SSSR count). The Hall–Kier alpha value is -3.03. The first-order valence-electron chi connectivity index (χ1n) is 10.3. The van der Waals surface area contributed by atoms with Gasteiger partial charge in [-0.3, -0.25) is 14.4 Å². The van der Waals surface area contributed by atoms with Crippen molar-refractivity contribution >= 4 is 17.8 Å². The summed E-state index contributed by atoms with van der Waals surface area (Å²) in [5.41, 5.74) is 0.476. The summed E-state index contributed by atoms with van der Waals surface area (Å²) >= 11 is 0. The minimum Gasteiger partial charge on any atom is -0.469 e. The normalized spacial score (nSPS) is 14.5. The van der Waals surface area contributed by atoms with E-state index in [-0.39, 0.29) is 43.2 Å². The van der Waals surface area contributed by atoms with Crippen LogP contribution in [0.15, 0.2) is 39.6 Å². The fourth-order valence-corrected chi connectivity index (χ4v) is 3.63. The van der Waals surface area contributed by atoms with Crippen LogP contribution in [0.5, 0.6) is 0 Å². The van der Waals surface area contributed by atoms with Crippen LogP contribution in [-0.4, -0.2) is 53.8 Å². The quantitative estimate of drug-likeness (QED) is 0.614. The average molecular weight is 416 g/mol. The van der Waals surface area contributed by atoms with Gasteiger partial charge in [0.15, 0.2) is 0 Å². The molecule has 0 radical (unpaired) electrons. The monoisotopic (exact) mass is 416 g/mol. The number of carbonyl (C=O) groups excluding carboxylic acids is 3. The first-order valence-corrected chi connectivity index (χ1v) is 10.3. The molecule has 3 heterocycles. The number of amides is 2. The lowest BCUT2D eigenvalue weighted by atomic mass is 9.97. The molecule has 8 nitrogen and oxygen atoms in total. The van der Waals surface area contributed by atoms with Gasteiger partial charge in [0.05, 0.1) is 37.2 Å². The third-order valence-corrected chi connectivity index (χ3v) is 5.37. The van der Waals surface area contributed by atoms with E-state index in [1.807, 2.05) is 0 Å². The molecule has 1 aliphatic rings. The van der Waals surface area contributed by atoms with Crippen molar-refractivity contribution in [3.05, 3.63) is 47.8 Å². The van der Waals surface area contributed by atoms with Gasteiger partial charge >= 0.3 is 5.97 Å². The lowest BCUT2D eigenvalue weighted by molar-refractivity contribution is -0.151.